The van der Waals surface area contributed by atoms with Gasteiger partial charge in [-0.25, -0.2) is 17.4 Å². The summed E-state index contributed by atoms with van der Waals surface area (Å²) in [6.07, 6.45) is 7.34. The predicted molar refractivity (Wildman–Crippen MR) is 90.1 cm³/mol. The number of carbonyl (C=O) groups is 1. The van der Waals surface area contributed by atoms with Crippen LogP contribution in [0.1, 0.15) is 18.5 Å². The first-order chi connectivity index (χ1) is 11.9. The van der Waals surface area contributed by atoms with Crippen LogP contribution in [0.15, 0.2) is 30.7 Å². The third-order valence-electron chi connectivity index (χ3n) is 4.19. The summed E-state index contributed by atoms with van der Waals surface area (Å²) in [5.74, 6) is -0.254. The van der Waals surface area contributed by atoms with Crippen molar-refractivity contribution < 1.29 is 13.2 Å². The van der Waals surface area contributed by atoms with E-state index in [4.69, 9.17) is 0 Å². The van der Waals surface area contributed by atoms with Crippen LogP contribution in [0.2, 0.25) is 0 Å². The molecule has 1 aliphatic rings. The van der Waals surface area contributed by atoms with Gasteiger partial charge in [-0.3, -0.25) is 9.78 Å². The lowest BCUT2D eigenvalue weighted by atomic mass is 9.97. The predicted octanol–water partition coefficient (Wildman–Crippen LogP) is -0.0499. The average molecular weight is 364 g/mol. The topological polar surface area (TPSA) is 110 Å². The van der Waals surface area contributed by atoms with Gasteiger partial charge in [-0.05, 0) is 25.0 Å². The molecule has 1 saturated heterocycles. The Hall–Kier alpha value is -2.33. The lowest BCUT2D eigenvalue weighted by Crippen LogP contribution is -2.42. The van der Waals surface area contributed by atoms with Gasteiger partial charge in [-0.15, -0.1) is 5.10 Å². The second-order valence-electron chi connectivity index (χ2n) is 6.02. The Morgan fingerprint density at radius 1 is 1.36 bits per heavy atom. The van der Waals surface area contributed by atoms with Crippen LogP contribution in [-0.4, -0.2) is 58.0 Å². The van der Waals surface area contributed by atoms with Crippen LogP contribution in [-0.2, 0) is 21.4 Å². The second kappa shape index (κ2) is 7.28. The van der Waals surface area contributed by atoms with Gasteiger partial charge in [-0.1, -0.05) is 5.21 Å². The number of carbonyl (C=O) groups excluding carboxylic acids is 1. The summed E-state index contributed by atoms with van der Waals surface area (Å²) < 4.78 is 26.0. The maximum atomic E-state index is 12.3. The van der Waals surface area contributed by atoms with Crippen molar-refractivity contribution in [3.63, 3.8) is 0 Å². The second-order valence-corrected chi connectivity index (χ2v) is 8.00. The molecule has 1 amide bonds. The maximum absolute atomic E-state index is 12.3. The van der Waals surface area contributed by atoms with Crippen LogP contribution in [0.5, 0.6) is 0 Å². The highest BCUT2D eigenvalue weighted by molar-refractivity contribution is 7.88. The van der Waals surface area contributed by atoms with Gasteiger partial charge in [0.25, 0.3) is 0 Å². The average Bonchev–Trinajstić information content (AvgIpc) is 3.09. The highest BCUT2D eigenvalue weighted by atomic mass is 32.2. The van der Waals surface area contributed by atoms with E-state index in [-0.39, 0.29) is 18.4 Å². The third-order valence-corrected chi connectivity index (χ3v) is 5.49. The van der Waals surface area contributed by atoms with Crippen LogP contribution in [0.25, 0.3) is 5.69 Å². The van der Waals surface area contributed by atoms with Crippen LogP contribution in [0, 0.1) is 5.92 Å². The normalized spacial score (nSPS) is 16.7. The number of rotatable bonds is 5. The minimum atomic E-state index is -3.18. The van der Waals surface area contributed by atoms with E-state index in [1.165, 1.54) is 10.6 Å². The Kier molecular flexibility index (Phi) is 5.09. The van der Waals surface area contributed by atoms with Crippen molar-refractivity contribution in [1.82, 2.24) is 29.6 Å². The Morgan fingerprint density at radius 3 is 2.76 bits per heavy atom. The summed E-state index contributed by atoms with van der Waals surface area (Å²) in [6, 6.07) is 3.67. The third kappa shape index (κ3) is 4.40. The van der Waals surface area contributed by atoms with Crippen LogP contribution < -0.4 is 5.32 Å². The molecule has 1 N–H and O–H groups in total. The number of pyridine rings is 1. The van der Waals surface area contributed by atoms with Gasteiger partial charge in [0.2, 0.25) is 15.9 Å². The molecule has 0 aliphatic carbocycles. The molecule has 0 saturated carbocycles. The molecule has 0 aromatic carbocycles. The summed E-state index contributed by atoms with van der Waals surface area (Å²) in [7, 11) is -3.18. The summed E-state index contributed by atoms with van der Waals surface area (Å²) in [5.41, 5.74) is 1.44. The molecule has 3 heterocycles. The quantitative estimate of drug-likeness (QED) is 0.796. The Bertz CT molecular complexity index is 828. The Morgan fingerprint density at radius 2 is 2.12 bits per heavy atom. The zero-order valence-electron chi connectivity index (χ0n) is 13.9. The zero-order valence-corrected chi connectivity index (χ0v) is 14.7. The van der Waals surface area contributed by atoms with E-state index in [2.05, 4.69) is 20.6 Å². The molecule has 0 bridgehead atoms. The Balaban J connectivity index is 1.51. The summed E-state index contributed by atoms with van der Waals surface area (Å²) in [6.45, 7) is 1.05. The van der Waals surface area contributed by atoms with Crippen molar-refractivity contribution in [2.24, 2.45) is 5.92 Å². The van der Waals surface area contributed by atoms with Gasteiger partial charge in [0.05, 0.1) is 30.9 Å². The van der Waals surface area contributed by atoms with Crippen LogP contribution in [0.3, 0.4) is 0 Å². The number of nitrogens with zero attached hydrogens (tertiary/aromatic N) is 5. The Labute approximate surface area is 146 Å². The number of piperidine rings is 1. The molecule has 10 heteroatoms. The van der Waals surface area contributed by atoms with Crippen molar-refractivity contribution in [2.45, 2.75) is 19.4 Å². The smallest absolute Gasteiger partial charge is 0.223 e. The molecule has 1 fully saturated rings. The van der Waals surface area contributed by atoms with Gasteiger partial charge >= 0.3 is 0 Å². The summed E-state index contributed by atoms with van der Waals surface area (Å²) in [4.78, 5) is 16.3. The molecule has 0 radical (unpaired) electrons. The van der Waals surface area contributed by atoms with Crippen LogP contribution >= 0.6 is 0 Å². The molecule has 25 heavy (non-hydrogen) atoms. The highest BCUT2D eigenvalue weighted by Gasteiger charge is 2.28. The molecule has 3 rings (SSSR count). The van der Waals surface area contributed by atoms with Crippen molar-refractivity contribution in [2.75, 3.05) is 19.3 Å². The van der Waals surface area contributed by atoms with Crippen molar-refractivity contribution in [3.05, 3.63) is 36.4 Å². The first-order valence-electron chi connectivity index (χ1n) is 7.98. The van der Waals surface area contributed by atoms with E-state index in [0.29, 0.717) is 31.6 Å². The van der Waals surface area contributed by atoms with E-state index in [0.717, 1.165) is 5.69 Å². The number of hydrogen-bond acceptors (Lipinski definition) is 6. The van der Waals surface area contributed by atoms with Gasteiger partial charge in [0, 0.05) is 25.2 Å². The maximum Gasteiger partial charge on any atom is 0.223 e. The lowest BCUT2D eigenvalue weighted by molar-refractivity contribution is -0.126. The van der Waals surface area contributed by atoms with Crippen molar-refractivity contribution in [3.8, 4) is 5.69 Å². The van der Waals surface area contributed by atoms with Gasteiger partial charge in [0.1, 0.15) is 5.69 Å². The monoisotopic (exact) mass is 364 g/mol. The first-order valence-corrected chi connectivity index (χ1v) is 9.83. The molecule has 0 spiro atoms. The zero-order chi connectivity index (χ0) is 17.9. The molecule has 2 aromatic heterocycles. The summed E-state index contributed by atoms with van der Waals surface area (Å²) >= 11 is 0. The van der Waals surface area contributed by atoms with E-state index in [9.17, 15) is 13.2 Å². The molecule has 1 aliphatic heterocycles. The molecule has 134 valence electrons. The molecule has 0 atom stereocenters. The fraction of sp³-hybridized carbons (Fsp3) is 0.467. The fourth-order valence-electron chi connectivity index (χ4n) is 2.77. The fourth-order valence-corrected chi connectivity index (χ4v) is 3.64. The molecule has 2 aromatic rings. The standard InChI is InChI=1S/C15H20N6O3S/c1-25(23,24)20-7-4-12(5-8-20)15(22)17-9-13-11-21(19-18-13)14-3-2-6-16-10-14/h2-3,6,10-12H,4-5,7-9H2,1H3,(H,17,22). The van der Waals surface area contributed by atoms with E-state index < -0.39 is 10.0 Å². The molecular weight excluding hydrogens is 344 g/mol. The van der Waals surface area contributed by atoms with Gasteiger partial charge in [0.15, 0.2) is 0 Å². The largest absolute Gasteiger partial charge is 0.350 e. The number of amides is 1. The summed E-state index contributed by atoms with van der Waals surface area (Å²) in [5, 5.41) is 10.9. The minimum absolute atomic E-state index is 0.0796. The van der Waals surface area contributed by atoms with Crippen molar-refractivity contribution in [1.29, 1.82) is 0 Å². The molecule has 9 nitrogen and oxygen atoms in total. The van der Waals surface area contributed by atoms with Gasteiger partial charge in [-0.2, -0.15) is 0 Å². The lowest BCUT2D eigenvalue weighted by Gasteiger charge is -2.29. The van der Waals surface area contributed by atoms with Gasteiger partial charge < -0.3 is 5.32 Å². The highest BCUT2D eigenvalue weighted by Crippen LogP contribution is 2.19. The SMILES string of the molecule is CS(=O)(=O)N1CCC(C(=O)NCc2cn(-c3cccnc3)nn2)CC1. The molecular formula is C15H20N6O3S. The molecule has 0 unspecified atom stereocenters. The number of sulfonamides is 1. The number of nitrogens with one attached hydrogen (secondary N) is 1. The number of hydrogen-bond donors (Lipinski definition) is 1. The van der Waals surface area contributed by atoms with E-state index >= 15 is 0 Å². The first kappa shape index (κ1) is 17.5. The van der Waals surface area contributed by atoms with E-state index in [1.807, 2.05) is 6.07 Å². The minimum Gasteiger partial charge on any atom is -0.350 e. The number of aromatic nitrogens is 4. The van der Waals surface area contributed by atoms with Crippen molar-refractivity contribution >= 4 is 15.9 Å². The van der Waals surface area contributed by atoms with E-state index in [1.54, 1.807) is 29.3 Å². The van der Waals surface area contributed by atoms with Crippen LogP contribution in [0.4, 0.5) is 0 Å².